The molecule has 1 aliphatic carbocycles. The summed E-state index contributed by atoms with van der Waals surface area (Å²) in [5.74, 6) is 0. The van der Waals surface area contributed by atoms with Gasteiger partial charge in [0.25, 0.3) is 0 Å². The first-order chi connectivity index (χ1) is 8.85. The van der Waals surface area contributed by atoms with Crippen LogP contribution in [0.2, 0.25) is 0 Å². The third-order valence-electron chi connectivity index (χ3n) is 4.52. The van der Waals surface area contributed by atoms with Crippen LogP contribution in [-0.4, -0.2) is 35.7 Å². The van der Waals surface area contributed by atoms with E-state index in [-0.39, 0.29) is 12.1 Å². The molecule has 2 fully saturated rings. The van der Waals surface area contributed by atoms with E-state index in [2.05, 4.69) is 0 Å². The van der Waals surface area contributed by atoms with Crippen LogP contribution in [0.3, 0.4) is 0 Å². The monoisotopic (exact) mass is 268 g/mol. The van der Waals surface area contributed by atoms with Gasteiger partial charge in [-0.1, -0.05) is 12.8 Å². The van der Waals surface area contributed by atoms with Gasteiger partial charge < -0.3 is 15.4 Å². The zero-order valence-electron chi connectivity index (χ0n) is 12.6. The lowest BCUT2D eigenvalue weighted by atomic mass is 9.76. The van der Waals surface area contributed by atoms with Crippen LogP contribution in [0.1, 0.15) is 59.3 Å². The Morgan fingerprint density at radius 3 is 2.47 bits per heavy atom. The number of carbonyl (C=O) groups excluding carboxylic acids is 1. The van der Waals surface area contributed by atoms with Crippen molar-refractivity contribution in [1.29, 1.82) is 0 Å². The van der Waals surface area contributed by atoms with Crippen molar-refractivity contribution in [2.24, 2.45) is 11.1 Å². The molecular weight excluding hydrogens is 240 g/mol. The molecule has 1 spiro atoms. The summed E-state index contributed by atoms with van der Waals surface area (Å²) < 4.78 is 5.54. The maximum absolute atomic E-state index is 12.4. The molecular formula is C15H28N2O2. The van der Waals surface area contributed by atoms with E-state index < -0.39 is 5.60 Å². The standard InChI is InChI=1S/C15H28N2O2/c1-14(2,3)19-13(18)17-11-15(7-4-5-8-15)9-6-12(17)10-16/h12H,4-11,16H2,1-3H3/t12-/m1/s1. The second-order valence-corrected chi connectivity index (χ2v) is 7.24. The van der Waals surface area contributed by atoms with Crippen molar-refractivity contribution in [2.45, 2.75) is 70.9 Å². The lowest BCUT2D eigenvalue weighted by Crippen LogP contribution is -2.54. The van der Waals surface area contributed by atoms with Crippen LogP contribution in [0.25, 0.3) is 0 Å². The normalized spacial score (nSPS) is 26.7. The smallest absolute Gasteiger partial charge is 0.410 e. The fraction of sp³-hybridized carbons (Fsp3) is 0.933. The van der Waals surface area contributed by atoms with Gasteiger partial charge in [0.05, 0.1) is 0 Å². The van der Waals surface area contributed by atoms with Gasteiger partial charge in [-0.15, -0.1) is 0 Å². The molecule has 0 aromatic heterocycles. The van der Waals surface area contributed by atoms with Crippen molar-refractivity contribution in [1.82, 2.24) is 4.90 Å². The predicted molar refractivity (Wildman–Crippen MR) is 75.9 cm³/mol. The highest BCUT2D eigenvalue weighted by molar-refractivity contribution is 5.69. The van der Waals surface area contributed by atoms with Gasteiger partial charge in [0.2, 0.25) is 0 Å². The summed E-state index contributed by atoms with van der Waals surface area (Å²) in [5.41, 5.74) is 5.75. The lowest BCUT2D eigenvalue weighted by Gasteiger charge is -2.45. The molecule has 4 heteroatoms. The van der Waals surface area contributed by atoms with E-state index in [1.807, 2.05) is 25.7 Å². The van der Waals surface area contributed by atoms with Gasteiger partial charge in [0.1, 0.15) is 5.60 Å². The number of carbonyl (C=O) groups is 1. The number of likely N-dealkylation sites (tertiary alicyclic amines) is 1. The summed E-state index contributed by atoms with van der Waals surface area (Å²) in [6, 6.07) is 0.154. The van der Waals surface area contributed by atoms with E-state index in [1.165, 1.54) is 32.1 Å². The molecule has 1 atom stereocenters. The minimum Gasteiger partial charge on any atom is -0.444 e. The largest absolute Gasteiger partial charge is 0.444 e. The second kappa shape index (κ2) is 5.31. The Balaban J connectivity index is 2.07. The predicted octanol–water partition coefficient (Wildman–Crippen LogP) is 2.91. The van der Waals surface area contributed by atoms with Gasteiger partial charge in [-0.05, 0) is 51.9 Å². The summed E-state index contributed by atoms with van der Waals surface area (Å²) in [5, 5.41) is 0. The van der Waals surface area contributed by atoms with Gasteiger partial charge in [0.15, 0.2) is 0 Å². The summed E-state index contributed by atoms with van der Waals surface area (Å²) in [4.78, 5) is 14.3. The highest BCUT2D eigenvalue weighted by atomic mass is 16.6. The molecule has 4 nitrogen and oxygen atoms in total. The molecule has 1 heterocycles. The third kappa shape index (κ3) is 3.41. The number of amides is 1. The molecule has 1 saturated heterocycles. The summed E-state index contributed by atoms with van der Waals surface area (Å²) in [6.07, 6.45) is 7.16. The van der Waals surface area contributed by atoms with Crippen LogP contribution in [0.4, 0.5) is 4.79 Å². The van der Waals surface area contributed by atoms with Crippen LogP contribution in [0.5, 0.6) is 0 Å². The van der Waals surface area contributed by atoms with Gasteiger partial charge in [-0.3, -0.25) is 0 Å². The van der Waals surface area contributed by atoms with E-state index in [0.29, 0.717) is 12.0 Å². The van der Waals surface area contributed by atoms with Crippen molar-refractivity contribution in [2.75, 3.05) is 13.1 Å². The van der Waals surface area contributed by atoms with Crippen molar-refractivity contribution >= 4 is 6.09 Å². The minimum absolute atomic E-state index is 0.154. The lowest BCUT2D eigenvalue weighted by molar-refractivity contribution is -0.0110. The molecule has 19 heavy (non-hydrogen) atoms. The topological polar surface area (TPSA) is 55.6 Å². The third-order valence-corrected chi connectivity index (χ3v) is 4.52. The zero-order chi connectivity index (χ0) is 14.1. The number of hydrogen-bond acceptors (Lipinski definition) is 3. The Morgan fingerprint density at radius 1 is 1.32 bits per heavy atom. The first-order valence-corrected chi connectivity index (χ1v) is 7.55. The van der Waals surface area contributed by atoms with Gasteiger partial charge in [0, 0.05) is 19.1 Å². The average molecular weight is 268 g/mol. The molecule has 2 rings (SSSR count). The number of hydrogen-bond donors (Lipinski definition) is 1. The van der Waals surface area contributed by atoms with Crippen LogP contribution in [0.15, 0.2) is 0 Å². The fourth-order valence-electron chi connectivity index (χ4n) is 3.51. The van der Waals surface area contributed by atoms with Crippen LogP contribution >= 0.6 is 0 Å². The van der Waals surface area contributed by atoms with Crippen molar-refractivity contribution < 1.29 is 9.53 Å². The van der Waals surface area contributed by atoms with E-state index in [9.17, 15) is 4.79 Å². The Morgan fingerprint density at radius 2 is 1.95 bits per heavy atom. The zero-order valence-corrected chi connectivity index (χ0v) is 12.6. The van der Waals surface area contributed by atoms with Crippen molar-refractivity contribution in [3.63, 3.8) is 0 Å². The molecule has 2 N–H and O–H groups in total. The number of nitrogens with two attached hydrogens (primary N) is 1. The molecule has 2 aliphatic rings. The van der Waals surface area contributed by atoms with E-state index in [4.69, 9.17) is 10.5 Å². The second-order valence-electron chi connectivity index (χ2n) is 7.24. The first-order valence-electron chi connectivity index (χ1n) is 7.55. The Hall–Kier alpha value is -0.770. The molecule has 0 radical (unpaired) electrons. The number of nitrogens with zero attached hydrogens (tertiary/aromatic N) is 1. The quantitative estimate of drug-likeness (QED) is 0.795. The van der Waals surface area contributed by atoms with E-state index in [0.717, 1.165) is 13.0 Å². The Kier molecular flexibility index (Phi) is 4.09. The molecule has 0 aromatic rings. The fourth-order valence-corrected chi connectivity index (χ4v) is 3.51. The SMILES string of the molecule is CC(C)(C)OC(=O)N1CC2(CCCC2)CC[C@@H]1CN. The van der Waals surface area contributed by atoms with E-state index in [1.54, 1.807) is 0 Å². The molecule has 1 aliphatic heterocycles. The van der Waals surface area contributed by atoms with Crippen molar-refractivity contribution in [3.8, 4) is 0 Å². The highest BCUT2D eigenvalue weighted by Crippen LogP contribution is 2.46. The molecule has 0 bridgehead atoms. The summed E-state index contributed by atoms with van der Waals surface area (Å²) in [6.45, 7) is 7.12. The van der Waals surface area contributed by atoms with E-state index >= 15 is 0 Å². The van der Waals surface area contributed by atoms with Gasteiger partial charge in [-0.25, -0.2) is 4.79 Å². The number of piperidine rings is 1. The first kappa shape index (κ1) is 14.6. The molecule has 110 valence electrons. The van der Waals surface area contributed by atoms with Crippen LogP contribution < -0.4 is 5.73 Å². The number of rotatable bonds is 1. The molecule has 0 unspecified atom stereocenters. The Labute approximate surface area is 116 Å². The van der Waals surface area contributed by atoms with Gasteiger partial charge in [-0.2, -0.15) is 0 Å². The summed E-state index contributed by atoms with van der Waals surface area (Å²) >= 11 is 0. The van der Waals surface area contributed by atoms with Gasteiger partial charge >= 0.3 is 6.09 Å². The van der Waals surface area contributed by atoms with Crippen LogP contribution in [-0.2, 0) is 4.74 Å². The maximum Gasteiger partial charge on any atom is 0.410 e. The summed E-state index contributed by atoms with van der Waals surface area (Å²) in [7, 11) is 0. The van der Waals surface area contributed by atoms with Crippen molar-refractivity contribution in [3.05, 3.63) is 0 Å². The Bertz CT molecular complexity index is 330. The number of ether oxygens (including phenoxy) is 1. The average Bonchev–Trinajstić information content (AvgIpc) is 2.75. The molecule has 1 amide bonds. The van der Waals surface area contributed by atoms with Crippen LogP contribution in [0, 0.1) is 5.41 Å². The molecule has 1 saturated carbocycles. The molecule has 0 aromatic carbocycles. The maximum atomic E-state index is 12.4. The minimum atomic E-state index is -0.434. The highest BCUT2D eigenvalue weighted by Gasteiger charge is 2.43.